The first-order valence-corrected chi connectivity index (χ1v) is 4.45. The van der Waals surface area contributed by atoms with Gasteiger partial charge in [-0.3, -0.25) is 0 Å². The third-order valence-electron chi connectivity index (χ3n) is 2.29. The predicted molar refractivity (Wildman–Crippen MR) is 54.4 cm³/mol. The number of hydrogen-bond donors (Lipinski definition) is 4. The first-order chi connectivity index (χ1) is 6.74. The van der Waals surface area contributed by atoms with Gasteiger partial charge >= 0.3 is 0 Å². The van der Waals surface area contributed by atoms with Crippen LogP contribution >= 0.6 is 0 Å². The first-order valence-electron chi connectivity index (χ1n) is 4.45. The lowest BCUT2D eigenvalue weighted by Crippen LogP contribution is -2.01. The molecular weight excluding hydrogens is 180 g/mol. The fourth-order valence-electron chi connectivity index (χ4n) is 1.62. The maximum Gasteiger partial charge on any atom is 0.167 e. The second kappa shape index (κ2) is 3.23. The van der Waals surface area contributed by atoms with Gasteiger partial charge in [-0.05, 0) is 30.7 Å². The van der Waals surface area contributed by atoms with E-state index in [1.807, 2.05) is 0 Å². The molecular formula is C10H12N2O2. The standard InChI is InChI=1S/C10H12N2O2/c11-4-3-6-5-12-7-1-2-8(13)10(14)9(6)7/h1-2,5,12-14H,3-4,11H2. The van der Waals surface area contributed by atoms with Gasteiger partial charge in [0, 0.05) is 17.1 Å². The van der Waals surface area contributed by atoms with E-state index < -0.39 is 0 Å². The Morgan fingerprint density at radius 1 is 1.29 bits per heavy atom. The highest BCUT2D eigenvalue weighted by Crippen LogP contribution is 2.35. The lowest BCUT2D eigenvalue weighted by Gasteiger charge is -2.01. The predicted octanol–water partition coefficient (Wildman–Crippen LogP) is 1.08. The summed E-state index contributed by atoms with van der Waals surface area (Å²) in [7, 11) is 0. The SMILES string of the molecule is NCCc1c[nH]c2ccc(O)c(O)c12. The van der Waals surface area contributed by atoms with E-state index in [1.165, 1.54) is 6.07 Å². The third kappa shape index (κ3) is 1.20. The largest absolute Gasteiger partial charge is 0.504 e. The molecule has 1 aromatic heterocycles. The van der Waals surface area contributed by atoms with Crippen molar-refractivity contribution < 1.29 is 10.2 Å². The average Bonchev–Trinajstić information content (AvgIpc) is 2.57. The summed E-state index contributed by atoms with van der Waals surface area (Å²) in [4.78, 5) is 3.01. The normalized spacial score (nSPS) is 10.9. The molecule has 2 rings (SSSR count). The summed E-state index contributed by atoms with van der Waals surface area (Å²) >= 11 is 0. The Labute approximate surface area is 81.0 Å². The fraction of sp³-hybridized carbons (Fsp3) is 0.200. The Bertz CT molecular complexity index is 462. The van der Waals surface area contributed by atoms with Gasteiger partial charge in [0.05, 0.1) is 0 Å². The van der Waals surface area contributed by atoms with E-state index in [4.69, 9.17) is 5.73 Å². The number of nitrogens with one attached hydrogen (secondary N) is 1. The van der Waals surface area contributed by atoms with Crippen LogP contribution in [0.4, 0.5) is 0 Å². The molecule has 0 aliphatic rings. The Hall–Kier alpha value is -1.68. The van der Waals surface area contributed by atoms with Crippen LogP contribution in [-0.2, 0) is 6.42 Å². The van der Waals surface area contributed by atoms with Crippen LogP contribution in [0.25, 0.3) is 10.9 Å². The van der Waals surface area contributed by atoms with Crippen molar-refractivity contribution in [1.29, 1.82) is 0 Å². The van der Waals surface area contributed by atoms with Gasteiger partial charge in [-0.15, -0.1) is 0 Å². The summed E-state index contributed by atoms with van der Waals surface area (Å²) < 4.78 is 0. The number of rotatable bonds is 2. The molecule has 0 aliphatic carbocycles. The minimum absolute atomic E-state index is 0.0767. The van der Waals surface area contributed by atoms with Crippen molar-refractivity contribution in [2.75, 3.05) is 6.54 Å². The molecule has 5 N–H and O–H groups in total. The topological polar surface area (TPSA) is 82.3 Å². The average molecular weight is 192 g/mol. The number of hydrogen-bond acceptors (Lipinski definition) is 3. The molecule has 0 fully saturated rings. The number of benzene rings is 1. The van der Waals surface area contributed by atoms with Crippen LogP contribution in [0.3, 0.4) is 0 Å². The third-order valence-corrected chi connectivity index (χ3v) is 2.29. The summed E-state index contributed by atoms with van der Waals surface area (Å²) in [6, 6.07) is 3.19. The number of phenolic OH excluding ortho intramolecular Hbond substituents is 2. The number of fused-ring (bicyclic) bond motifs is 1. The summed E-state index contributed by atoms with van der Waals surface area (Å²) in [5, 5.41) is 19.6. The Balaban J connectivity index is 2.69. The number of aromatic amines is 1. The quantitative estimate of drug-likeness (QED) is 0.537. The van der Waals surface area contributed by atoms with E-state index in [0.29, 0.717) is 18.4 Å². The highest BCUT2D eigenvalue weighted by molar-refractivity contribution is 5.91. The van der Waals surface area contributed by atoms with Crippen molar-refractivity contribution >= 4 is 10.9 Å². The van der Waals surface area contributed by atoms with Crippen molar-refractivity contribution in [3.63, 3.8) is 0 Å². The maximum atomic E-state index is 9.64. The van der Waals surface area contributed by atoms with Crippen molar-refractivity contribution in [2.45, 2.75) is 6.42 Å². The molecule has 0 saturated carbocycles. The molecule has 0 unspecified atom stereocenters. The number of nitrogens with two attached hydrogens (primary N) is 1. The Kier molecular flexibility index (Phi) is 2.05. The number of aromatic nitrogens is 1. The summed E-state index contributed by atoms with van der Waals surface area (Å²) in [6.45, 7) is 0.516. The summed E-state index contributed by atoms with van der Waals surface area (Å²) in [5.41, 5.74) is 7.18. The molecule has 1 heterocycles. The fourth-order valence-corrected chi connectivity index (χ4v) is 1.62. The van der Waals surface area contributed by atoms with Gasteiger partial charge in [0.15, 0.2) is 11.5 Å². The highest BCUT2D eigenvalue weighted by atomic mass is 16.3. The van der Waals surface area contributed by atoms with Crippen LogP contribution in [0.15, 0.2) is 18.3 Å². The van der Waals surface area contributed by atoms with E-state index in [9.17, 15) is 10.2 Å². The van der Waals surface area contributed by atoms with Crippen molar-refractivity contribution in [3.8, 4) is 11.5 Å². The van der Waals surface area contributed by atoms with E-state index in [0.717, 1.165) is 11.1 Å². The monoisotopic (exact) mass is 192 g/mol. The lowest BCUT2D eigenvalue weighted by molar-refractivity contribution is 0.408. The maximum absolute atomic E-state index is 9.64. The van der Waals surface area contributed by atoms with Crippen molar-refractivity contribution in [3.05, 3.63) is 23.9 Å². The molecule has 4 heteroatoms. The molecule has 4 nitrogen and oxygen atoms in total. The number of aromatic hydroxyl groups is 2. The molecule has 0 saturated heterocycles. The molecule has 0 spiro atoms. The van der Waals surface area contributed by atoms with Gasteiger partial charge in [-0.25, -0.2) is 0 Å². The summed E-state index contributed by atoms with van der Waals surface area (Å²) in [6.07, 6.45) is 2.48. The van der Waals surface area contributed by atoms with Gasteiger partial charge in [0.2, 0.25) is 0 Å². The molecule has 0 bridgehead atoms. The molecule has 0 amide bonds. The number of phenols is 2. The van der Waals surface area contributed by atoms with Gasteiger partial charge < -0.3 is 20.9 Å². The second-order valence-corrected chi connectivity index (χ2v) is 3.21. The van der Waals surface area contributed by atoms with Gasteiger partial charge in [0.1, 0.15) is 0 Å². The van der Waals surface area contributed by atoms with E-state index >= 15 is 0 Å². The van der Waals surface area contributed by atoms with E-state index in [2.05, 4.69) is 4.98 Å². The van der Waals surface area contributed by atoms with Crippen LogP contribution in [0.5, 0.6) is 11.5 Å². The first kappa shape index (κ1) is 8.90. The van der Waals surface area contributed by atoms with Crippen LogP contribution < -0.4 is 5.73 Å². The van der Waals surface area contributed by atoms with Crippen LogP contribution in [-0.4, -0.2) is 21.7 Å². The zero-order chi connectivity index (χ0) is 10.1. The van der Waals surface area contributed by atoms with Gasteiger partial charge in [-0.2, -0.15) is 0 Å². The molecule has 2 aromatic rings. The van der Waals surface area contributed by atoms with Crippen LogP contribution in [0.1, 0.15) is 5.56 Å². The van der Waals surface area contributed by atoms with Gasteiger partial charge in [0.25, 0.3) is 0 Å². The second-order valence-electron chi connectivity index (χ2n) is 3.21. The minimum atomic E-state index is -0.102. The molecule has 14 heavy (non-hydrogen) atoms. The summed E-state index contributed by atoms with van der Waals surface area (Å²) in [5.74, 6) is -0.178. The van der Waals surface area contributed by atoms with Crippen molar-refractivity contribution in [2.24, 2.45) is 5.73 Å². The molecule has 0 atom stereocenters. The Morgan fingerprint density at radius 2 is 2.07 bits per heavy atom. The smallest absolute Gasteiger partial charge is 0.167 e. The van der Waals surface area contributed by atoms with Gasteiger partial charge in [-0.1, -0.05) is 0 Å². The minimum Gasteiger partial charge on any atom is -0.504 e. The van der Waals surface area contributed by atoms with Crippen LogP contribution in [0, 0.1) is 0 Å². The highest BCUT2D eigenvalue weighted by Gasteiger charge is 2.10. The lowest BCUT2D eigenvalue weighted by atomic mass is 10.1. The van der Waals surface area contributed by atoms with E-state index in [1.54, 1.807) is 12.3 Å². The molecule has 0 aliphatic heterocycles. The number of H-pyrrole nitrogens is 1. The van der Waals surface area contributed by atoms with Crippen LogP contribution in [0.2, 0.25) is 0 Å². The Morgan fingerprint density at radius 3 is 2.79 bits per heavy atom. The molecule has 1 aromatic carbocycles. The zero-order valence-corrected chi connectivity index (χ0v) is 7.62. The van der Waals surface area contributed by atoms with E-state index in [-0.39, 0.29) is 11.5 Å². The molecule has 0 radical (unpaired) electrons. The zero-order valence-electron chi connectivity index (χ0n) is 7.62. The molecule has 74 valence electrons. The van der Waals surface area contributed by atoms with Crippen molar-refractivity contribution in [1.82, 2.24) is 4.98 Å².